The molecule has 1 amide bonds. The van der Waals surface area contributed by atoms with Gasteiger partial charge in [0.2, 0.25) is 0 Å². The van der Waals surface area contributed by atoms with Gasteiger partial charge >= 0.3 is 11.9 Å². The van der Waals surface area contributed by atoms with Gasteiger partial charge in [-0.2, -0.15) is 0 Å². The maximum absolute atomic E-state index is 11.4. The number of carboxylic acid groups (broad SMARTS) is 1. The van der Waals surface area contributed by atoms with Gasteiger partial charge in [-0.3, -0.25) is 9.59 Å². The minimum atomic E-state index is -1.60. The third-order valence-electron chi connectivity index (χ3n) is 1.70. The SMILES string of the molecule is O=C(O)C(=O)NCC(=O)c1ccccc1. The van der Waals surface area contributed by atoms with Crippen LogP contribution in [0.2, 0.25) is 0 Å². The van der Waals surface area contributed by atoms with Gasteiger partial charge in [-0.05, 0) is 0 Å². The van der Waals surface area contributed by atoms with Crippen LogP contribution in [0.4, 0.5) is 0 Å². The second-order valence-corrected chi connectivity index (χ2v) is 2.78. The number of benzene rings is 1. The fourth-order valence-corrected chi connectivity index (χ4v) is 0.962. The highest BCUT2D eigenvalue weighted by Gasteiger charge is 2.12. The van der Waals surface area contributed by atoms with E-state index >= 15 is 0 Å². The molecule has 78 valence electrons. The molecule has 2 N–H and O–H groups in total. The molecule has 0 unspecified atom stereocenters. The normalized spacial score (nSPS) is 9.33. The van der Waals surface area contributed by atoms with E-state index < -0.39 is 11.9 Å². The summed E-state index contributed by atoms with van der Waals surface area (Å²) in [5.74, 6) is -3.11. The molecule has 15 heavy (non-hydrogen) atoms. The number of carbonyl (C=O) groups is 3. The zero-order valence-electron chi connectivity index (χ0n) is 7.77. The van der Waals surface area contributed by atoms with E-state index in [9.17, 15) is 14.4 Å². The molecule has 0 spiro atoms. The lowest BCUT2D eigenvalue weighted by atomic mass is 10.1. The number of hydrogen-bond acceptors (Lipinski definition) is 3. The van der Waals surface area contributed by atoms with Crippen molar-refractivity contribution >= 4 is 17.7 Å². The Labute approximate surface area is 85.7 Å². The molecule has 0 aliphatic carbocycles. The maximum atomic E-state index is 11.4. The van der Waals surface area contributed by atoms with Crippen LogP contribution in [0.1, 0.15) is 10.4 Å². The van der Waals surface area contributed by atoms with E-state index in [1.807, 2.05) is 5.32 Å². The number of carboxylic acids is 1. The van der Waals surface area contributed by atoms with Gasteiger partial charge in [0, 0.05) is 5.56 Å². The summed E-state index contributed by atoms with van der Waals surface area (Å²) < 4.78 is 0. The number of hydrogen-bond donors (Lipinski definition) is 2. The van der Waals surface area contributed by atoms with E-state index in [1.165, 1.54) is 0 Å². The Morgan fingerprint density at radius 3 is 2.27 bits per heavy atom. The third-order valence-corrected chi connectivity index (χ3v) is 1.70. The molecule has 0 radical (unpaired) electrons. The van der Waals surface area contributed by atoms with E-state index in [1.54, 1.807) is 30.3 Å². The Balaban J connectivity index is 2.51. The zero-order valence-corrected chi connectivity index (χ0v) is 7.77. The predicted octanol–water partition coefficient (Wildman–Crippen LogP) is 0.0701. The van der Waals surface area contributed by atoms with Gasteiger partial charge in [-0.25, -0.2) is 4.79 Å². The fourth-order valence-electron chi connectivity index (χ4n) is 0.962. The lowest BCUT2D eigenvalue weighted by Crippen LogP contribution is -2.34. The molecule has 0 aliphatic heterocycles. The molecule has 0 bridgehead atoms. The summed E-state index contributed by atoms with van der Waals surface area (Å²) >= 11 is 0. The van der Waals surface area contributed by atoms with Gasteiger partial charge in [0.15, 0.2) is 5.78 Å². The highest BCUT2D eigenvalue weighted by Crippen LogP contribution is 1.98. The average Bonchev–Trinajstić information content (AvgIpc) is 2.26. The summed E-state index contributed by atoms with van der Waals surface area (Å²) in [6.45, 7) is -0.310. The Kier molecular flexibility index (Phi) is 3.56. The first-order valence-electron chi connectivity index (χ1n) is 4.20. The summed E-state index contributed by atoms with van der Waals surface area (Å²) in [6.07, 6.45) is 0. The molecule has 1 aromatic carbocycles. The number of ketones is 1. The van der Waals surface area contributed by atoms with E-state index in [-0.39, 0.29) is 12.3 Å². The van der Waals surface area contributed by atoms with E-state index in [0.717, 1.165) is 0 Å². The van der Waals surface area contributed by atoms with Gasteiger partial charge in [0.25, 0.3) is 0 Å². The van der Waals surface area contributed by atoms with Crippen LogP contribution in [0.25, 0.3) is 0 Å². The van der Waals surface area contributed by atoms with Crippen molar-refractivity contribution in [3.63, 3.8) is 0 Å². The van der Waals surface area contributed by atoms with Gasteiger partial charge in [0.05, 0.1) is 6.54 Å². The van der Waals surface area contributed by atoms with Crippen LogP contribution in [0.15, 0.2) is 30.3 Å². The lowest BCUT2D eigenvalue weighted by Gasteiger charge is -2.01. The minimum Gasteiger partial charge on any atom is -0.474 e. The Morgan fingerprint density at radius 2 is 1.73 bits per heavy atom. The van der Waals surface area contributed by atoms with Crippen molar-refractivity contribution < 1.29 is 19.5 Å². The first-order chi connectivity index (χ1) is 7.11. The van der Waals surface area contributed by atoms with Crippen molar-refractivity contribution in [2.45, 2.75) is 0 Å². The van der Waals surface area contributed by atoms with E-state index in [4.69, 9.17) is 5.11 Å². The van der Waals surface area contributed by atoms with Gasteiger partial charge in [-0.1, -0.05) is 30.3 Å². The lowest BCUT2D eigenvalue weighted by molar-refractivity contribution is -0.150. The average molecular weight is 207 g/mol. The Morgan fingerprint density at radius 1 is 1.13 bits per heavy atom. The van der Waals surface area contributed by atoms with Crippen LogP contribution in [-0.2, 0) is 9.59 Å². The largest absolute Gasteiger partial charge is 0.474 e. The smallest absolute Gasteiger partial charge is 0.394 e. The second kappa shape index (κ2) is 4.90. The number of rotatable bonds is 3. The number of Topliss-reactive ketones (excluding diaryl/α,β-unsaturated/α-hetero) is 1. The van der Waals surface area contributed by atoms with Gasteiger partial charge in [-0.15, -0.1) is 0 Å². The third kappa shape index (κ3) is 3.22. The first-order valence-corrected chi connectivity index (χ1v) is 4.20. The van der Waals surface area contributed by atoms with Crippen LogP contribution in [-0.4, -0.2) is 29.3 Å². The van der Waals surface area contributed by atoms with Crippen molar-refractivity contribution in [1.82, 2.24) is 5.32 Å². The molecule has 0 aromatic heterocycles. The maximum Gasteiger partial charge on any atom is 0.394 e. The van der Waals surface area contributed by atoms with Crippen molar-refractivity contribution in [2.24, 2.45) is 0 Å². The standard InChI is InChI=1S/C10H9NO4/c12-8(6-11-9(13)10(14)15)7-4-2-1-3-5-7/h1-5H,6H2,(H,11,13)(H,14,15). The summed E-state index contributed by atoms with van der Waals surface area (Å²) in [7, 11) is 0. The quantitative estimate of drug-likeness (QED) is 0.542. The number of aliphatic carboxylic acids is 1. The van der Waals surface area contributed by atoms with Crippen molar-refractivity contribution in [3.05, 3.63) is 35.9 Å². The summed E-state index contributed by atoms with van der Waals surface area (Å²) in [5.41, 5.74) is 0.434. The zero-order chi connectivity index (χ0) is 11.3. The topological polar surface area (TPSA) is 83.5 Å². The molecule has 1 aromatic rings. The van der Waals surface area contributed by atoms with Crippen LogP contribution in [0.3, 0.4) is 0 Å². The van der Waals surface area contributed by atoms with Gasteiger partial charge < -0.3 is 10.4 Å². The summed E-state index contributed by atoms with van der Waals surface area (Å²) in [6, 6.07) is 8.32. The Bertz CT molecular complexity index is 386. The van der Waals surface area contributed by atoms with Crippen LogP contribution in [0.5, 0.6) is 0 Å². The van der Waals surface area contributed by atoms with Gasteiger partial charge in [0.1, 0.15) is 0 Å². The molecule has 0 aliphatic rings. The second-order valence-electron chi connectivity index (χ2n) is 2.78. The molecule has 0 saturated heterocycles. The van der Waals surface area contributed by atoms with E-state index in [0.29, 0.717) is 5.56 Å². The van der Waals surface area contributed by atoms with Crippen LogP contribution in [0, 0.1) is 0 Å². The molecule has 0 atom stereocenters. The minimum absolute atomic E-state index is 0.310. The fraction of sp³-hybridized carbons (Fsp3) is 0.100. The molecule has 0 heterocycles. The monoisotopic (exact) mass is 207 g/mol. The highest BCUT2D eigenvalue weighted by atomic mass is 16.4. The summed E-state index contributed by atoms with van der Waals surface area (Å²) in [5, 5.41) is 10.2. The van der Waals surface area contributed by atoms with Crippen LogP contribution < -0.4 is 5.32 Å². The summed E-state index contributed by atoms with van der Waals surface area (Å²) in [4.78, 5) is 32.1. The molecular formula is C10H9NO4. The van der Waals surface area contributed by atoms with Crippen molar-refractivity contribution in [2.75, 3.05) is 6.54 Å². The molecular weight excluding hydrogens is 198 g/mol. The van der Waals surface area contributed by atoms with E-state index in [2.05, 4.69) is 0 Å². The van der Waals surface area contributed by atoms with Crippen LogP contribution >= 0.6 is 0 Å². The molecule has 0 fully saturated rings. The van der Waals surface area contributed by atoms with Crippen molar-refractivity contribution in [1.29, 1.82) is 0 Å². The predicted molar refractivity (Wildman–Crippen MR) is 51.4 cm³/mol. The van der Waals surface area contributed by atoms with Crippen molar-refractivity contribution in [3.8, 4) is 0 Å². The number of carbonyl (C=O) groups excluding carboxylic acids is 2. The molecule has 5 heteroatoms. The first kappa shape index (κ1) is 10.9. The Hall–Kier alpha value is -2.17. The molecule has 0 saturated carbocycles. The number of amides is 1. The number of nitrogens with one attached hydrogen (secondary N) is 1. The highest BCUT2D eigenvalue weighted by molar-refractivity contribution is 6.32. The molecule has 5 nitrogen and oxygen atoms in total. The molecule has 1 rings (SSSR count).